The summed E-state index contributed by atoms with van der Waals surface area (Å²) in [5.41, 5.74) is 3.19. The Kier molecular flexibility index (Phi) is 9.92. The summed E-state index contributed by atoms with van der Waals surface area (Å²) in [5, 5.41) is 5.11. The zero-order valence-electron chi connectivity index (χ0n) is 23.4. The molecular formula is C30H26ClF3N4O5S. The van der Waals surface area contributed by atoms with Crippen LogP contribution in [0.5, 0.6) is 0 Å². The molecule has 4 rings (SSSR count). The van der Waals surface area contributed by atoms with Crippen LogP contribution in [0.4, 0.5) is 18.9 Å². The first-order valence-corrected chi connectivity index (χ1v) is 14.8. The highest BCUT2D eigenvalue weighted by molar-refractivity contribution is 7.89. The topological polar surface area (TPSA) is 121 Å². The number of furan rings is 1. The Balaban J connectivity index is 1.43. The number of hydrogen-bond donors (Lipinski definition) is 2. The third-order valence-electron chi connectivity index (χ3n) is 6.25. The molecule has 0 unspecified atom stereocenters. The fourth-order valence-corrected chi connectivity index (χ4v) is 5.54. The van der Waals surface area contributed by atoms with E-state index in [0.29, 0.717) is 6.07 Å². The number of carbonyl (C=O) groups is 2. The van der Waals surface area contributed by atoms with Gasteiger partial charge in [0.2, 0.25) is 10.0 Å². The molecule has 230 valence electrons. The van der Waals surface area contributed by atoms with Crippen LogP contribution in [-0.2, 0) is 38.9 Å². The zero-order chi connectivity index (χ0) is 32.1. The Morgan fingerprint density at radius 3 is 2.18 bits per heavy atom. The van der Waals surface area contributed by atoms with Crippen LogP contribution in [-0.4, -0.2) is 30.8 Å². The second-order valence-corrected chi connectivity index (χ2v) is 12.1. The summed E-state index contributed by atoms with van der Waals surface area (Å²) in [6.07, 6.45) is -3.67. The Morgan fingerprint density at radius 1 is 0.909 bits per heavy atom. The molecular weight excluding hydrogens is 621 g/mol. The molecule has 0 atom stereocenters. The van der Waals surface area contributed by atoms with E-state index in [-0.39, 0.29) is 35.2 Å². The number of benzene rings is 3. The Hall–Kier alpha value is -4.46. The average Bonchev–Trinajstić information content (AvgIpc) is 3.41. The van der Waals surface area contributed by atoms with Gasteiger partial charge < -0.3 is 9.73 Å². The lowest BCUT2D eigenvalue weighted by Crippen LogP contribution is -2.32. The monoisotopic (exact) mass is 646 g/mol. The van der Waals surface area contributed by atoms with Crippen molar-refractivity contribution in [1.82, 2.24) is 9.73 Å². The number of amides is 2. The van der Waals surface area contributed by atoms with E-state index in [2.05, 4.69) is 5.10 Å². The van der Waals surface area contributed by atoms with Crippen molar-refractivity contribution in [2.45, 2.75) is 38.0 Å². The van der Waals surface area contributed by atoms with Crippen LogP contribution in [0, 0.1) is 13.8 Å². The predicted octanol–water partition coefficient (Wildman–Crippen LogP) is 6.05. The minimum Gasteiger partial charge on any atom is -0.459 e. The van der Waals surface area contributed by atoms with Crippen LogP contribution >= 0.6 is 11.6 Å². The number of nitrogens with zero attached hydrogens (tertiary/aromatic N) is 2. The Labute approximate surface area is 256 Å². The molecule has 4 aromatic rings. The van der Waals surface area contributed by atoms with Gasteiger partial charge in [0, 0.05) is 12.2 Å². The molecule has 0 fully saturated rings. The molecule has 2 amide bonds. The highest BCUT2D eigenvalue weighted by Crippen LogP contribution is 2.36. The summed E-state index contributed by atoms with van der Waals surface area (Å²) in [4.78, 5) is 24.4. The maximum absolute atomic E-state index is 13.6. The van der Waals surface area contributed by atoms with E-state index < -0.39 is 38.6 Å². The molecule has 9 nitrogen and oxygen atoms in total. The molecule has 0 aliphatic heterocycles. The number of anilines is 1. The van der Waals surface area contributed by atoms with Crippen LogP contribution in [0.2, 0.25) is 5.02 Å². The Bertz CT molecular complexity index is 1790. The van der Waals surface area contributed by atoms with Gasteiger partial charge in [-0.1, -0.05) is 59.1 Å². The summed E-state index contributed by atoms with van der Waals surface area (Å²) in [5.74, 6) is -2.12. The molecule has 2 N–H and O–H groups in total. The van der Waals surface area contributed by atoms with Crippen molar-refractivity contribution in [2.75, 3.05) is 5.32 Å². The fraction of sp³-hybridized carbons (Fsp3) is 0.167. The molecule has 0 saturated carbocycles. The summed E-state index contributed by atoms with van der Waals surface area (Å²) >= 11 is 5.56. The minimum atomic E-state index is -4.76. The molecule has 1 aromatic heterocycles. The van der Waals surface area contributed by atoms with Gasteiger partial charge in [-0.2, -0.15) is 22.6 Å². The van der Waals surface area contributed by atoms with Crippen molar-refractivity contribution in [3.05, 3.63) is 118 Å². The molecule has 0 aliphatic carbocycles. The van der Waals surface area contributed by atoms with Gasteiger partial charge in [-0.3, -0.25) is 9.59 Å². The summed E-state index contributed by atoms with van der Waals surface area (Å²) in [7, 11) is -3.92. The quantitative estimate of drug-likeness (QED) is 0.130. The molecule has 44 heavy (non-hydrogen) atoms. The Morgan fingerprint density at radius 2 is 1.55 bits per heavy atom. The first-order chi connectivity index (χ1) is 20.7. The van der Waals surface area contributed by atoms with Gasteiger partial charge in [0.25, 0.3) is 0 Å². The first-order valence-electron chi connectivity index (χ1n) is 12.9. The van der Waals surface area contributed by atoms with Crippen LogP contribution in [0.15, 0.2) is 93.3 Å². The summed E-state index contributed by atoms with van der Waals surface area (Å²) < 4.78 is 73.2. The number of alkyl halides is 3. The molecule has 3 aromatic carbocycles. The number of aryl methyl sites for hydroxylation is 2. The van der Waals surface area contributed by atoms with E-state index in [0.717, 1.165) is 35.0 Å². The van der Waals surface area contributed by atoms with Crippen LogP contribution in [0.1, 0.15) is 33.8 Å². The molecule has 14 heteroatoms. The molecule has 0 spiro atoms. The summed E-state index contributed by atoms with van der Waals surface area (Å²) in [6.45, 7) is 3.74. The number of nitrogens with one attached hydrogen (secondary N) is 2. The molecule has 0 aliphatic rings. The number of hydrogen-bond acceptors (Lipinski definition) is 6. The maximum atomic E-state index is 13.6. The maximum Gasteiger partial charge on any atom is 0.417 e. The number of rotatable bonds is 9. The smallest absolute Gasteiger partial charge is 0.417 e. The molecule has 0 saturated heterocycles. The fourth-order valence-electron chi connectivity index (χ4n) is 3.92. The zero-order valence-corrected chi connectivity index (χ0v) is 24.9. The minimum absolute atomic E-state index is 0.0733. The average molecular weight is 647 g/mol. The lowest BCUT2D eigenvalue weighted by molar-refractivity contribution is -0.137. The third kappa shape index (κ3) is 8.34. The van der Waals surface area contributed by atoms with Gasteiger partial charge in [-0.25, -0.2) is 13.8 Å². The molecule has 0 bridgehead atoms. The van der Waals surface area contributed by atoms with Crippen LogP contribution in [0.3, 0.4) is 0 Å². The number of carbonyl (C=O) groups excluding carboxylic acids is 2. The predicted molar refractivity (Wildman–Crippen MR) is 158 cm³/mol. The summed E-state index contributed by atoms with van der Waals surface area (Å²) in [6, 6.07) is 19.6. The van der Waals surface area contributed by atoms with Gasteiger partial charge in [-0.15, -0.1) is 0 Å². The van der Waals surface area contributed by atoms with E-state index >= 15 is 0 Å². The van der Waals surface area contributed by atoms with Gasteiger partial charge >= 0.3 is 18.0 Å². The number of sulfonamides is 1. The SMILES string of the molecule is Cc1ccc(CN(Cc2ccc(/C=N/NC(=O)C(=O)Nc3ccc(Cl)c(C(F)(F)F)c3)o2)S(=O)(=O)c2ccc(C)cc2)cc1. The van der Waals surface area contributed by atoms with E-state index in [1.807, 2.05) is 48.9 Å². The van der Waals surface area contributed by atoms with E-state index in [1.165, 1.54) is 22.5 Å². The lowest BCUT2D eigenvalue weighted by atomic mass is 10.1. The van der Waals surface area contributed by atoms with Crippen molar-refractivity contribution in [2.24, 2.45) is 5.10 Å². The van der Waals surface area contributed by atoms with Gasteiger partial charge in [0.15, 0.2) is 0 Å². The van der Waals surface area contributed by atoms with Crippen molar-refractivity contribution in [1.29, 1.82) is 0 Å². The van der Waals surface area contributed by atoms with Gasteiger partial charge in [0.1, 0.15) is 11.5 Å². The highest BCUT2D eigenvalue weighted by atomic mass is 35.5. The van der Waals surface area contributed by atoms with Crippen LogP contribution in [0.25, 0.3) is 0 Å². The van der Waals surface area contributed by atoms with Crippen molar-refractivity contribution in [3.8, 4) is 0 Å². The lowest BCUT2D eigenvalue weighted by Gasteiger charge is -2.21. The standard InChI is InChI=1S/C30H26ClF3N4O5S/c1-19-3-7-21(8-4-19)17-38(44(41,42)25-12-5-20(2)6-13-25)18-24-11-10-23(43-24)16-35-37-29(40)28(39)36-22-9-14-27(31)26(15-22)30(32,33)34/h3-16H,17-18H2,1-2H3,(H,36,39)(H,37,40)/b35-16+. The second-order valence-electron chi connectivity index (χ2n) is 9.72. The van der Waals surface area contributed by atoms with E-state index in [9.17, 15) is 31.2 Å². The third-order valence-corrected chi connectivity index (χ3v) is 8.38. The van der Waals surface area contributed by atoms with E-state index in [1.54, 1.807) is 18.2 Å². The highest BCUT2D eigenvalue weighted by Gasteiger charge is 2.33. The van der Waals surface area contributed by atoms with Gasteiger partial charge in [0.05, 0.1) is 28.2 Å². The second kappa shape index (κ2) is 13.5. The van der Waals surface area contributed by atoms with Crippen LogP contribution < -0.4 is 10.7 Å². The van der Waals surface area contributed by atoms with Gasteiger partial charge in [-0.05, 0) is 61.9 Å². The first kappa shape index (κ1) is 32.5. The largest absolute Gasteiger partial charge is 0.459 e. The van der Waals surface area contributed by atoms with Crippen molar-refractivity contribution < 1.29 is 35.6 Å². The van der Waals surface area contributed by atoms with Crippen molar-refractivity contribution in [3.63, 3.8) is 0 Å². The van der Waals surface area contributed by atoms with Crippen molar-refractivity contribution >= 4 is 45.3 Å². The van der Waals surface area contributed by atoms with E-state index in [4.69, 9.17) is 16.0 Å². The number of halogens is 4. The number of hydrazone groups is 1. The normalized spacial score (nSPS) is 12.1. The molecule has 1 heterocycles. The molecule has 0 radical (unpaired) electrons.